The number of guanidine groups is 1. The molecule has 0 radical (unpaired) electrons. The molecule has 0 fully saturated rings. The smallest absolute Gasteiger partial charge is 0.370 e. The molecule has 3 N–H and O–H groups in total. The molecular weight excluding hydrogens is 294 g/mol. The van der Waals surface area contributed by atoms with Crippen molar-refractivity contribution in [2.75, 3.05) is 18.8 Å². The van der Waals surface area contributed by atoms with Gasteiger partial charge in [-0.05, 0) is 36.4 Å². The van der Waals surface area contributed by atoms with Crippen LogP contribution in [0, 0.1) is 5.82 Å². The summed E-state index contributed by atoms with van der Waals surface area (Å²) >= 11 is 1.53. The van der Waals surface area contributed by atoms with Crippen LogP contribution in [0.1, 0.15) is 6.42 Å². The van der Waals surface area contributed by atoms with Crippen LogP contribution in [-0.2, 0) is 0 Å². The van der Waals surface area contributed by atoms with Gasteiger partial charge in [-0.2, -0.15) is 13.2 Å². The average molecular weight is 309 g/mol. The summed E-state index contributed by atoms with van der Waals surface area (Å²) in [6.45, 7) is -0.850. The first-order valence-corrected chi connectivity index (χ1v) is 6.84. The van der Waals surface area contributed by atoms with Gasteiger partial charge < -0.3 is 11.1 Å². The van der Waals surface area contributed by atoms with Crippen LogP contribution >= 0.6 is 11.8 Å². The maximum absolute atomic E-state index is 12.6. The second-order valence-corrected chi connectivity index (χ2v) is 5.07. The predicted octanol–water partition coefficient (Wildman–Crippen LogP) is 2.77. The molecular formula is C12H15F4N3S. The van der Waals surface area contributed by atoms with Crippen molar-refractivity contribution < 1.29 is 17.6 Å². The molecule has 3 nitrogen and oxygen atoms in total. The monoisotopic (exact) mass is 309 g/mol. The van der Waals surface area contributed by atoms with Gasteiger partial charge in [0.2, 0.25) is 0 Å². The third-order valence-corrected chi connectivity index (χ3v) is 3.24. The first kappa shape index (κ1) is 16.6. The number of hydrogen-bond donors (Lipinski definition) is 2. The molecule has 0 saturated heterocycles. The van der Waals surface area contributed by atoms with E-state index in [2.05, 4.69) is 10.3 Å². The number of halogens is 4. The fourth-order valence-electron chi connectivity index (χ4n) is 1.24. The van der Waals surface area contributed by atoms with Crippen LogP contribution in [0.4, 0.5) is 17.6 Å². The first-order chi connectivity index (χ1) is 9.37. The number of hydrogen-bond acceptors (Lipinski definition) is 2. The number of nitrogens with zero attached hydrogens (tertiary/aromatic N) is 1. The third kappa shape index (κ3) is 7.88. The third-order valence-electron chi connectivity index (χ3n) is 2.14. The zero-order valence-electron chi connectivity index (χ0n) is 10.6. The Balaban J connectivity index is 2.14. The van der Waals surface area contributed by atoms with E-state index in [9.17, 15) is 17.6 Å². The van der Waals surface area contributed by atoms with Gasteiger partial charge in [-0.1, -0.05) is 0 Å². The molecule has 0 unspecified atom stereocenters. The fraction of sp³-hybridized carbons (Fsp3) is 0.417. The van der Waals surface area contributed by atoms with E-state index in [0.29, 0.717) is 13.0 Å². The van der Waals surface area contributed by atoms with Gasteiger partial charge in [-0.3, -0.25) is 0 Å². The highest BCUT2D eigenvalue weighted by molar-refractivity contribution is 7.99. The molecule has 0 aliphatic carbocycles. The lowest BCUT2D eigenvalue weighted by atomic mass is 10.4. The van der Waals surface area contributed by atoms with Gasteiger partial charge in [0.1, 0.15) is 12.4 Å². The number of alkyl halides is 3. The van der Waals surface area contributed by atoms with E-state index >= 15 is 0 Å². The number of nitrogens with one attached hydrogen (secondary N) is 1. The number of nitrogens with two attached hydrogens (primary N) is 1. The Morgan fingerprint density at radius 2 is 1.90 bits per heavy atom. The van der Waals surface area contributed by atoms with Crippen molar-refractivity contribution >= 4 is 17.7 Å². The van der Waals surface area contributed by atoms with E-state index in [0.717, 1.165) is 10.6 Å². The number of thioether (sulfide) groups is 1. The van der Waals surface area contributed by atoms with Crippen molar-refractivity contribution in [1.82, 2.24) is 5.32 Å². The molecule has 1 rings (SSSR count). The summed E-state index contributed by atoms with van der Waals surface area (Å²) in [5, 5.41) is 2.61. The lowest BCUT2D eigenvalue weighted by Gasteiger charge is -2.07. The highest BCUT2D eigenvalue weighted by Gasteiger charge is 2.26. The summed E-state index contributed by atoms with van der Waals surface area (Å²) in [5.74, 6) is 0.240. The summed E-state index contributed by atoms with van der Waals surface area (Å²) in [6, 6.07) is 6.10. The molecule has 0 aliphatic heterocycles. The Morgan fingerprint density at radius 1 is 1.25 bits per heavy atom. The molecule has 0 saturated carbocycles. The van der Waals surface area contributed by atoms with Crippen molar-refractivity contribution in [1.29, 1.82) is 0 Å². The van der Waals surface area contributed by atoms with Crippen molar-refractivity contribution in [3.63, 3.8) is 0 Å². The molecule has 1 aromatic carbocycles. The summed E-state index contributed by atoms with van der Waals surface area (Å²) in [5.41, 5.74) is 5.28. The maximum atomic E-state index is 12.6. The van der Waals surface area contributed by atoms with E-state index < -0.39 is 12.7 Å². The molecule has 1 aromatic rings. The van der Waals surface area contributed by atoms with Crippen molar-refractivity contribution in [3.8, 4) is 0 Å². The van der Waals surface area contributed by atoms with Crippen LogP contribution in [0.15, 0.2) is 34.2 Å². The van der Waals surface area contributed by atoms with Crippen LogP contribution in [0.2, 0.25) is 0 Å². The van der Waals surface area contributed by atoms with E-state index in [-0.39, 0.29) is 11.8 Å². The number of benzene rings is 1. The van der Waals surface area contributed by atoms with E-state index in [1.54, 1.807) is 12.1 Å². The minimum Gasteiger partial charge on any atom is -0.370 e. The largest absolute Gasteiger partial charge is 0.408 e. The minimum atomic E-state index is -4.34. The topological polar surface area (TPSA) is 50.4 Å². The van der Waals surface area contributed by atoms with Crippen LogP contribution in [0.5, 0.6) is 0 Å². The Hall–Kier alpha value is -1.44. The second-order valence-electron chi connectivity index (χ2n) is 3.90. The van der Waals surface area contributed by atoms with Crippen LogP contribution in [0.25, 0.3) is 0 Å². The highest BCUT2D eigenvalue weighted by atomic mass is 32.2. The van der Waals surface area contributed by atoms with Gasteiger partial charge in [0, 0.05) is 11.4 Å². The van der Waals surface area contributed by atoms with E-state index in [1.807, 2.05) is 0 Å². The molecule has 8 heteroatoms. The Bertz CT molecular complexity index is 431. The summed E-state index contributed by atoms with van der Waals surface area (Å²) in [4.78, 5) is 4.11. The van der Waals surface area contributed by atoms with E-state index in [4.69, 9.17) is 5.73 Å². The molecule has 0 atom stereocenters. The lowest BCUT2D eigenvalue weighted by molar-refractivity contribution is -0.118. The second kappa shape index (κ2) is 7.98. The average Bonchev–Trinajstić information content (AvgIpc) is 2.37. The van der Waals surface area contributed by atoms with Crippen LogP contribution < -0.4 is 11.1 Å². The minimum absolute atomic E-state index is 0.214. The fourth-order valence-corrected chi connectivity index (χ4v) is 2.09. The Labute approximate surface area is 118 Å². The maximum Gasteiger partial charge on any atom is 0.408 e. The van der Waals surface area contributed by atoms with Gasteiger partial charge in [-0.25, -0.2) is 9.38 Å². The zero-order valence-corrected chi connectivity index (χ0v) is 11.4. The number of aliphatic imine (C=N–C) groups is 1. The summed E-state index contributed by atoms with van der Waals surface area (Å²) in [6.07, 6.45) is -3.64. The van der Waals surface area contributed by atoms with Crippen molar-refractivity contribution in [2.24, 2.45) is 10.7 Å². The van der Waals surface area contributed by atoms with Gasteiger partial charge in [0.05, 0.1) is 0 Å². The Kier molecular flexibility index (Phi) is 6.63. The lowest BCUT2D eigenvalue weighted by Crippen LogP contribution is -2.33. The zero-order chi connectivity index (χ0) is 15.0. The SMILES string of the molecule is NC(=NCC(F)(F)F)NCCCSc1ccc(F)cc1. The number of rotatable bonds is 6. The first-order valence-electron chi connectivity index (χ1n) is 5.86. The summed E-state index contributed by atoms with van der Waals surface area (Å²) in [7, 11) is 0. The van der Waals surface area contributed by atoms with Crippen molar-refractivity contribution in [3.05, 3.63) is 30.1 Å². The van der Waals surface area contributed by atoms with E-state index in [1.165, 1.54) is 23.9 Å². The molecule has 112 valence electrons. The molecule has 0 amide bonds. The van der Waals surface area contributed by atoms with Gasteiger partial charge >= 0.3 is 6.18 Å². The van der Waals surface area contributed by atoms with Crippen LogP contribution in [0.3, 0.4) is 0 Å². The van der Waals surface area contributed by atoms with Crippen molar-refractivity contribution in [2.45, 2.75) is 17.5 Å². The molecule has 0 bridgehead atoms. The van der Waals surface area contributed by atoms with Crippen LogP contribution in [-0.4, -0.2) is 31.0 Å². The summed E-state index contributed by atoms with van der Waals surface area (Å²) < 4.78 is 48.2. The predicted molar refractivity (Wildman–Crippen MR) is 72.3 cm³/mol. The Morgan fingerprint density at radius 3 is 2.50 bits per heavy atom. The molecule has 20 heavy (non-hydrogen) atoms. The molecule has 0 aromatic heterocycles. The standard InChI is InChI=1S/C12H15F4N3S/c13-9-2-4-10(5-3-9)20-7-1-6-18-11(17)19-8-12(14,15)16/h2-5H,1,6-8H2,(H3,17,18,19). The molecule has 0 aliphatic rings. The van der Waals surface area contributed by atoms with Gasteiger partial charge in [-0.15, -0.1) is 11.8 Å². The highest BCUT2D eigenvalue weighted by Crippen LogP contribution is 2.18. The van der Waals surface area contributed by atoms with Gasteiger partial charge in [0.25, 0.3) is 0 Å². The van der Waals surface area contributed by atoms with Gasteiger partial charge in [0.15, 0.2) is 5.96 Å². The molecule has 0 spiro atoms. The normalized spacial score (nSPS) is 12.5. The molecule has 0 heterocycles. The quantitative estimate of drug-likeness (QED) is 0.279.